The zero-order chi connectivity index (χ0) is 8.43. The summed E-state index contributed by atoms with van der Waals surface area (Å²) in [5, 5.41) is 0. The van der Waals surface area contributed by atoms with Gasteiger partial charge in [0.05, 0.1) is 7.85 Å². The first kappa shape index (κ1) is 9.16. The molecule has 11 heavy (non-hydrogen) atoms. The van der Waals surface area contributed by atoms with E-state index in [1.807, 2.05) is 0 Å². The highest BCUT2D eigenvalue weighted by atomic mass is 14.4. The van der Waals surface area contributed by atoms with Crippen LogP contribution < -0.4 is 0 Å². The molecule has 2 radical (unpaired) electrons. The normalized spacial score (nSPS) is 40.8. The van der Waals surface area contributed by atoms with E-state index in [9.17, 15) is 0 Å². The van der Waals surface area contributed by atoms with Crippen molar-refractivity contribution in [3.63, 3.8) is 0 Å². The second-order valence-electron chi connectivity index (χ2n) is 4.16. The van der Waals surface area contributed by atoms with Gasteiger partial charge in [-0.25, -0.2) is 0 Å². The minimum Gasteiger partial charge on any atom is -0.0769 e. The molecule has 0 spiro atoms. The fourth-order valence-corrected chi connectivity index (χ4v) is 2.75. The van der Waals surface area contributed by atoms with Gasteiger partial charge in [0, 0.05) is 0 Å². The molecule has 1 rings (SSSR count). The Kier molecular flexibility index (Phi) is 3.03. The largest absolute Gasteiger partial charge is 0.0769 e. The zero-order valence-electron chi connectivity index (χ0n) is 8.01. The Morgan fingerprint density at radius 2 is 2.09 bits per heavy atom. The lowest BCUT2D eigenvalue weighted by molar-refractivity contribution is 0.311. The maximum absolute atomic E-state index is 5.95. The van der Waals surface area contributed by atoms with Crippen molar-refractivity contribution in [3.05, 3.63) is 0 Å². The average molecular weight is 150 g/mol. The van der Waals surface area contributed by atoms with Gasteiger partial charge in [0.15, 0.2) is 0 Å². The lowest BCUT2D eigenvalue weighted by atomic mass is 9.70. The Labute approximate surface area is 72.2 Å². The van der Waals surface area contributed by atoms with Crippen LogP contribution in [0.25, 0.3) is 0 Å². The molecule has 0 aromatic rings. The fraction of sp³-hybridized carbons (Fsp3) is 1.00. The third-order valence-electron chi connectivity index (χ3n) is 3.33. The van der Waals surface area contributed by atoms with E-state index in [0.717, 1.165) is 17.8 Å². The van der Waals surface area contributed by atoms with Gasteiger partial charge in [-0.15, -0.1) is 0 Å². The maximum atomic E-state index is 5.95. The molecule has 0 nitrogen and oxygen atoms in total. The van der Waals surface area contributed by atoms with Crippen LogP contribution in [0.2, 0.25) is 5.82 Å². The molecule has 62 valence electrons. The molecule has 0 N–H and O–H groups in total. The summed E-state index contributed by atoms with van der Waals surface area (Å²) in [6.07, 6.45) is 4.12. The summed E-state index contributed by atoms with van der Waals surface area (Å²) < 4.78 is 0. The molecule has 1 saturated carbocycles. The van der Waals surface area contributed by atoms with Gasteiger partial charge in [0.25, 0.3) is 0 Å². The van der Waals surface area contributed by atoms with E-state index >= 15 is 0 Å². The summed E-state index contributed by atoms with van der Waals surface area (Å²) in [5.41, 5.74) is 0. The Hall–Kier alpha value is 0.0649. The van der Waals surface area contributed by atoms with Gasteiger partial charge >= 0.3 is 0 Å². The Morgan fingerprint density at radius 1 is 1.45 bits per heavy atom. The van der Waals surface area contributed by atoms with Crippen LogP contribution in [0, 0.1) is 17.8 Å². The second kappa shape index (κ2) is 3.64. The van der Waals surface area contributed by atoms with E-state index in [2.05, 4.69) is 20.8 Å². The first-order valence-corrected chi connectivity index (χ1v) is 4.92. The van der Waals surface area contributed by atoms with Crippen LogP contribution in [0.1, 0.15) is 40.0 Å². The summed E-state index contributed by atoms with van der Waals surface area (Å²) in [6, 6.07) is 0. The molecule has 0 saturated heterocycles. The highest BCUT2D eigenvalue weighted by Crippen LogP contribution is 2.43. The summed E-state index contributed by atoms with van der Waals surface area (Å²) >= 11 is 0. The third-order valence-corrected chi connectivity index (χ3v) is 3.33. The first-order valence-electron chi connectivity index (χ1n) is 4.92. The zero-order valence-corrected chi connectivity index (χ0v) is 8.01. The Morgan fingerprint density at radius 3 is 2.45 bits per heavy atom. The summed E-state index contributed by atoms with van der Waals surface area (Å²) in [5.74, 6) is 2.96. The van der Waals surface area contributed by atoms with E-state index in [1.165, 1.54) is 19.3 Å². The fourth-order valence-electron chi connectivity index (χ4n) is 2.75. The van der Waals surface area contributed by atoms with Crippen molar-refractivity contribution in [2.75, 3.05) is 0 Å². The smallest absolute Gasteiger partial charge is 0.0699 e. The van der Waals surface area contributed by atoms with Crippen LogP contribution in [0.4, 0.5) is 0 Å². The van der Waals surface area contributed by atoms with Crippen molar-refractivity contribution >= 4 is 7.85 Å². The standard InChI is InChI=1S/C10H19B/c1-4-9-6-5-7(2)10(9)8(3)11/h7-10H,4-6H2,1-3H3. The Bertz CT molecular complexity index is 120. The number of rotatable bonds is 2. The minimum atomic E-state index is 0.400. The molecule has 4 unspecified atom stereocenters. The van der Waals surface area contributed by atoms with Crippen LogP contribution in [-0.2, 0) is 0 Å². The monoisotopic (exact) mass is 150 g/mol. The molecule has 1 fully saturated rings. The van der Waals surface area contributed by atoms with Crippen molar-refractivity contribution in [1.29, 1.82) is 0 Å². The van der Waals surface area contributed by atoms with E-state index in [-0.39, 0.29) is 0 Å². The van der Waals surface area contributed by atoms with Crippen molar-refractivity contribution < 1.29 is 0 Å². The predicted octanol–water partition coefficient (Wildman–Crippen LogP) is 3.04. The topological polar surface area (TPSA) is 0 Å². The van der Waals surface area contributed by atoms with E-state index in [0.29, 0.717) is 5.82 Å². The van der Waals surface area contributed by atoms with Gasteiger partial charge < -0.3 is 0 Å². The van der Waals surface area contributed by atoms with Crippen molar-refractivity contribution in [2.45, 2.75) is 45.9 Å². The quantitative estimate of drug-likeness (QED) is 0.530. The van der Waals surface area contributed by atoms with Crippen molar-refractivity contribution in [1.82, 2.24) is 0 Å². The highest BCUT2D eigenvalue weighted by molar-refractivity contribution is 6.11. The average Bonchev–Trinajstić information content (AvgIpc) is 2.30. The molecule has 1 aliphatic carbocycles. The molecular formula is C10H19B. The third kappa shape index (κ3) is 1.80. The highest BCUT2D eigenvalue weighted by Gasteiger charge is 2.33. The van der Waals surface area contributed by atoms with Gasteiger partial charge in [0.1, 0.15) is 0 Å². The molecule has 0 aromatic carbocycles. The van der Waals surface area contributed by atoms with Gasteiger partial charge in [-0.2, -0.15) is 0 Å². The van der Waals surface area contributed by atoms with E-state index < -0.39 is 0 Å². The van der Waals surface area contributed by atoms with Gasteiger partial charge in [-0.05, 0) is 24.2 Å². The van der Waals surface area contributed by atoms with Gasteiger partial charge in [-0.1, -0.05) is 39.4 Å². The number of hydrogen-bond donors (Lipinski definition) is 0. The molecule has 1 heteroatoms. The molecular weight excluding hydrogens is 131 g/mol. The Balaban J connectivity index is 2.56. The SMILES string of the molecule is [B]C(C)C1C(C)CCC1CC. The van der Waals surface area contributed by atoms with Gasteiger partial charge in [-0.3, -0.25) is 0 Å². The van der Waals surface area contributed by atoms with Crippen LogP contribution >= 0.6 is 0 Å². The molecule has 0 amide bonds. The van der Waals surface area contributed by atoms with Crippen LogP contribution in [0.5, 0.6) is 0 Å². The molecule has 0 aliphatic heterocycles. The molecule has 0 aromatic heterocycles. The summed E-state index contributed by atoms with van der Waals surface area (Å²) in [7, 11) is 5.95. The lowest BCUT2D eigenvalue weighted by Crippen LogP contribution is -2.17. The summed E-state index contributed by atoms with van der Waals surface area (Å²) in [4.78, 5) is 0. The van der Waals surface area contributed by atoms with Crippen LogP contribution in [0.15, 0.2) is 0 Å². The van der Waals surface area contributed by atoms with Crippen molar-refractivity contribution in [2.24, 2.45) is 17.8 Å². The molecule has 0 bridgehead atoms. The minimum absolute atomic E-state index is 0.400. The van der Waals surface area contributed by atoms with E-state index in [1.54, 1.807) is 0 Å². The molecule has 4 atom stereocenters. The molecule has 1 aliphatic rings. The van der Waals surface area contributed by atoms with Crippen LogP contribution in [-0.4, -0.2) is 7.85 Å². The van der Waals surface area contributed by atoms with E-state index in [4.69, 9.17) is 7.85 Å². The lowest BCUT2D eigenvalue weighted by Gasteiger charge is -2.26. The maximum Gasteiger partial charge on any atom is 0.0699 e. The van der Waals surface area contributed by atoms with Gasteiger partial charge in [0.2, 0.25) is 0 Å². The summed E-state index contributed by atoms with van der Waals surface area (Å²) in [6.45, 7) is 6.80. The van der Waals surface area contributed by atoms with Crippen LogP contribution in [0.3, 0.4) is 0 Å². The molecule has 0 heterocycles. The second-order valence-corrected chi connectivity index (χ2v) is 4.16. The van der Waals surface area contributed by atoms with Crippen molar-refractivity contribution in [3.8, 4) is 0 Å². The predicted molar refractivity (Wildman–Crippen MR) is 50.8 cm³/mol. The first-order chi connectivity index (χ1) is 5.16. The number of hydrogen-bond acceptors (Lipinski definition) is 0.